The second kappa shape index (κ2) is 6.33. The molecule has 108 valence electrons. The Labute approximate surface area is 120 Å². The zero-order valence-corrected chi connectivity index (χ0v) is 11.8. The van der Waals surface area contributed by atoms with Crippen LogP contribution in [0.2, 0.25) is 0 Å². The molecule has 2 saturated heterocycles. The topological polar surface area (TPSA) is 48.5 Å². The number of likely N-dealkylation sites (tertiary alicyclic amines) is 1. The van der Waals surface area contributed by atoms with E-state index in [1.807, 2.05) is 17.0 Å². The van der Waals surface area contributed by atoms with Crippen molar-refractivity contribution < 1.29 is 4.79 Å². The second-order valence-corrected chi connectivity index (χ2v) is 5.55. The van der Waals surface area contributed by atoms with Crippen LogP contribution in [0.25, 0.3) is 0 Å². The van der Waals surface area contributed by atoms with E-state index in [-0.39, 0.29) is 5.91 Å². The molecule has 0 spiro atoms. The fraction of sp³-hybridized carbons (Fsp3) is 0.600. The molecule has 1 N–H and O–H groups in total. The second-order valence-electron chi connectivity index (χ2n) is 5.55. The largest absolute Gasteiger partial charge is 0.338 e. The molecule has 0 aliphatic carbocycles. The highest BCUT2D eigenvalue weighted by molar-refractivity contribution is 5.93. The average Bonchev–Trinajstić information content (AvgIpc) is 2.56. The first kappa shape index (κ1) is 13.5. The molecule has 3 heterocycles. The van der Waals surface area contributed by atoms with Crippen molar-refractivity contribution in [3.05, 3.63) is 30.1 Å². The smallest absolute Gasteiger partial charge is 0.255 e. The van der Waals surface area contributed by atoms with Gasteiger partial charge in [-0.25, -0.2) is 0 Å². The van der Waals surface area contributed by atoms with E-state index in [1.54, 1.807) is 12.4 Å². The lowest BCUT2D eigenvalue weighted by molar-refractivity contribution is 0.0601. The molecule has 2 aliphatic rings. The minimum atomic E-state index is 0.122. The molecule has 1 aromatic rings. The first-order valence-electron chi connectivity index (χ1n) is 7.48. The Bertz CT molecular complexity index is 436. The number of carbonyl (C=O) groups is 1. The molecule has 5 nitrogen and oxygen atoms in total. The van der Waals surface area contributed by atoms with Gasteiger partial charge in [0.2, 0.25) is 0 Å². The van der Waals surface area contributed by atoms with Gasteiger partial charge in [0, 0.05) is 57.7 Å². The van der Waals surface area contributed by atoms with E-state index in [0.717, 1.165) is 52.1 Å². The third-order valence-electron chi connectivity index (χ3n) is 4.33. The minimum absolute atomic E-state index is 0.122. The normalized spacial score (nSPS) is 21.9. The molecule has 2 aliphatic heterocycles. The minimum Gasteiger partial charge on any atom is -0.338 e. The molecule has 0 radical (unpaired) electrons. The number of piperidine rings is 1. The molecular weight excluding hydrogens is 252 g/mol. The van der Waals surface area contributed by atoms with Gasteiger partial charge in [0.25, 0.3) is 5.91 Å². The van der Waals surface area contributed by atoms with Crippen LogP contribution in [0, 0.1) is 0 Å². The van der Waals surface area contributed by atoms with Gasteiger partial charge in [0.15, 0.2) is 0 Å². The van der Waals surface area contributed by atoms with Crippen LogP contribution in [0.3, 0.4) is 0 Å². The summed E-state index contributed by atoms with van der Waals surface area (Å²) >= 11 is 0. The van der Waals surface area contributed by atoms with Gasteiger partial charge in [0.1, 0.15) is 0 Å². The van der Waals surface area contributed by atoms with Crippen LogP contribution in [-0.2, 0) is 0 Å². The Morgan fingerprint density at radius 3 is 2.60 bits per heavy atom. The zero-order chi connectivity index (χ0) is 13.8. The lowest BCUT2D eigenvalue weighted by Gasteiger charge is -2.40. The summed E-state index contributed by atoms with van der Waals surface area (Å²) in [6.45, 7) is 6.19. The molecule has 0 bridgehead atoms. The van der Waals surface area contributed by atoms with Crippen molar-refractivity contribution in [3.63, 3.8) is 0 Å². The summed E-state index contributed by atoms with van der Waals surface area (Å²) in [4.78, 5) is 20.9. The number of hydrogen-bond acceptors (Lipinski definition) is 4. The molecule has 5 heteroatoms. The summed E-state index contributed by atoms with van der Waals surface area (Å²) in [6, 6.07) is 4.31. The molecule has 0 unspecified atom stereocenters. The molecule has 3 rings (SSSR count). The van der Waals surface area contributed by atoms with E-state index in [1.165, 1.54) is 0 Å². The summed E-state index contributed by atoms with van der Waals surface area (Å²) in [5.41, 5.74) is 0.702. The monoisotopic (exact) mass is 274 g/mol. The first-order chi connectivity index (χ1) is 9.84. The van der Waals surface area contributed by atoms with Crippen LogP contribution >= 0.6 is 0 Å². The van der Waals surface area contributed by atoms with Crippen LogP contribution in [0.5, 0.6) is 0 Å². The van der Waals surface area contributed by atoms with Gasteiger partial charge in [-0.2, -0.15) is 0 Å². The van der Waals surface area contributed by atoms with Gasteiger partial charge in [-0.3, -0.25) is 14.7 Å². The van der Waals surface area contributed by atoms with E-state index in [2.05, 4.69) is 15.2 Å². The van der Waals surface area contributed by atoms with Crippen molar-refractivity contribution in [3.8, 4) is 0 Å². The van der Waals surface area contributed by atoms with Crippen molar-refractivity contribution in [2.24, 2.45) is 0 Å². The molecule has 0 aromatic carbocycles. The molecule has 0 saturated carbocycles. The van der Waals surface area contributed by atoms with Crippen LogP contribution in [0.1, 0.15) is 23.2 Å². The fourth-order valence-corrected chi connectivity index (χ4v) is 3.15. The quantitative estimate of drug-likeness (QED) is 0.857. The van der Waals surface area contributed by atoms with Crippen LogP contribution in [0.15, 0.2) is 24.5 Å². The Hall–Kier alpha value is -1.46. The van der Waals surface area contributed by atoms with Crippen LogP contribution < -0.4 is 5.32 Å². The molecule has 2 fully saturated rings. The maximum Gasteiger partial charge on any atom is 0.255 e. The highest BCUT2D eigenvalue weighted by Crippen LogP contribution is 2.18. The zero-order valence-electron chi connectivity index (χ0n) is 11.8. The summed E-state index contributed by atoms with van der Waals surface area (Å²) in [5.74, 6) is 0.122. The number of rotatable bonds is 2. The van der Waals surface area contributed by atoms with E-state index >= 15 is 0 Å². The van der Waals surface area contributed by atoms with Gasteiger partial charge < -0.3 is 10.2 Å². The van der Waals surface area contributed by atoms with Gasteiger partial charge >= 0.3 is 0 Å². The van der Waals surface area contributed by atoms with Crippen molar-refractivity contribution in [2.75, 3.05) is 39.3 Å². The molecule has 1 aromatic heterocycles. The number of piperazine rings is 1. The number of nitrogens with zero attached hydrogens (tertiary/aromatic N) is 3. The molecule has 1 amide bonds. The van der Waals surface area contributed by atoms with Crippen molar-refractivity contribution in [1.29, 1.82) is 0 Å². The lowest BCUT2D eigenvalue weighted by atomic mass is 10.0. The van der Waals surface area contributed by atoms with Crippen molar-refractivity contribution in [1.82, 2.24) is 20.1 Å². The third kappa shape index (κ3) is 2.99. The number of amides is 1. The predicted molar refractivity (Wildman–Crippen MR) is 77.6 cm³/mol. The number of nitrogens with one attached hydrogen (secondary N) is 1. The maximum atomic E-state index is 12.3. The van der Waals surface area contributed by atoms with Gasteiger partial charge in [-0.05, 0) is 25.0 Å². The number of aromatic nitrogens is 1. The Morgan fingerprint density at radius 2 is 1.95 bits per heavy atom. The Balaban J connectivity index is 1.54. The first-order valence-corrected chi connectivity index (χ1v) is 7.48. The summed E-state index contributed by atoms with van der Waals surface area (Å²) in [7, 11) is 0. The van der Waals surface area contributed by atoms with Gasteiger partial charge in [-0.15, -0.1) is 0 Å². The third-order valence-corrected chi connectivity index (χ3v) is 4.33. The van der Waals surface area contributed by atoms with E-state index in [4.69, 9.17) is 0 Å². The number of hydrogen-bond donors (Lipinski definition) is 1. The van der Waals surface area contributed by atoms with Gasteiger partial charge in [-0.1, -0.05) is 0 Å². The Morgan fingerprint density at radius 1 is 1.20 bits per heavy atom. The van der Waals surface area contributed by atoms with Crippen molar-refractivity contribution in [2.45, 2.75) is 18.9 Å². The standard InChI is InChI=1S/C15H22N4O/c20-15(13-2-1-5-17-12-13)19-8-3-14(4-9-19)18-10-6-16-7-11-18/h1-2,5,12,14,16H,3-4,6-11H2. The SMILES string of the molecule is O=C(c1cccnc1)N1CCC(N2CCNCC2)CC1. The molecular formula is C15H22N4O. The fourth-order valence-electron chi connectivity index (χ4n) is 3.15. The summed E-state index contributed by atoms with van der Waals surface area (Å²) in [5, 5.41) is 3.39. The van der Waals surface area contributed by atoms with Gasteiger partial charge in [0.05, 0.1) is 5.56 Å². The predicted octanol–water partition coefficient (Wildman–Crippen LogP) is 0.591. The highest BCUT2D eigenvalue weighted by Gasteiger charge is 2.27. The summed E-state index contributed by atoms with van der Waals surface area (Å²) in [6.07, 6.45) is 5.54. The number of pyridine rings is 1. The van der Waals surface area contributed by atoms with E-state index in [9.17, 15) is 4.79 Å². The van der Waals surface area contributed by atoms with Crippen LogP contribution in [0.4, 0.5) is 0 Å². The van der Waals surface area contributed by atoms with E-state index in [0.29, 0.717) is 11.6 Å². The average molecular weight is 274 g/mol. The van der Waals surface area contributed by atoms with Crippen LogP contribution in [-0.4, -0.2) is 66.0 Å². The Kier molecular flexibility index (Phi) is 4.28. The lowest BCUT2D eigenvalue weighted by Crippen LogP contribution is -2.52. The summed E-state index contributed by atoms with van der Waals surface area (Å²) < 4.78 is 0. The molecule has 20 heavy (non-hydrogen) atoms. The maximum absolute atomic E-state index is 12.3. The van der Waals surface area contributed by atoms with E-state index < -0.39 is 0 Å². The number of carbonyl (C=O) groups excluding carboxylic acids is 1. The van der Waals surface area contributed by atoms with Crippen molar-refractivity contribution >= 4 is 5.91 Å². The molecule has 0 atom stereocenters. The highest BCUT2D eigenvalue weighted by atomic mass is 16.2.